The molecular formula is C13H15N5O3. The van der Waals surface area contributed by atoms with Crippen molar-refractivity contribution in [3.8, 4) is 0 Å². The summed E-state index contributed by atoms with van der Waals surface area (Å²) in [4.78, 5) is 13.2. The second kappa shape index (κ2) is 4.48. The molecule has 1 aliphatic heterocycles. The number of aryl methyl sites for hydroxylation is 1. The first-order valence-corrected chi connectivity index (χ1v) is 6.79. The lowest BCUT2D eigenvalue weighted by Crippen LogP contribution is -2.24. The fourth-order valence-electron chi connectivity index (χ4n) is 2.83. The highest BCUT2D eigenvalue weighted by Gasteiger charge is 2.35. The number of imidazole rings is 2. The Labute approximate surface area is 119 Å². The van der Waals surface area contributed by atoms with Crippen molar-refractivity contribution in [3.63, 3.8) is 0 Å². The van der Waals surface area contributed by atoms with Gasteiger partial charge in [-0.25, -0.2) is 15.0 Å². The lowest BCUT2D eigenvalue weighted by atomic mass is 10.2. The number of aliphatic hydroxyl groups excluding tert-OH is 2. The summed E-state index contributed by atoms with van der Waals surface area (Å²) in [6.45, 7) is 1.69. The molecule has 0 amide bonds. The quantitative estimate of drug-likeness (QED) is 0.690. The van der Waals surface area contributed by atoms with Gasteiger partial charge in [0.05, 0.1) is 19.0 Å². The Morgan fingerprint density at radius 2 is 2.24 bits per heavy atom. The molecule has 110 valence electrons. The fourth-order valence-corrected chi connectivity index (χ4v) is 2.83. The van der Waals surface area contributed by atoms with Crippen molar-refractivity contribution in [1.82, 2.24) is 23.9 Å². The number of aromatic nitrogens is 5. The van der Waals surface area contributed by atoms with E-state index in [0.29, 0.717) is 17.6 Å². The molecule has 4 heterocycles. The van der Waals surface area contributed by atoms with E-state index in [1.165, 1.54) is 0 Å². The molecule has 0 radical (unpaired) electrons. The Hall–Kier alpha value is -2.03. The van der Waals surface area contributed by atoms with Crippen molar-refractivity contribution in [2.24, 2.45) is 0 Å². The number of nitrogens with zero attached hydrogens (tertiary/aromatic N) is 5. The minimum absolute atomic E-state index is 0.207. The maximum atomic E-state index is 9.87. The van der Waals surface area contributed by atoms with E-state index >= 15 is 0 Å². The molecule has 0 bridgehead atoms. The third kappa shape index (κ3) is 1.76. The van der Waals surface area contributed by atoms with Gasteiger partial charge in [0.25, 0.3) is 0 Å². The number of fused-ring (bicyclic) bond motifs is 3. The van der Waals surface area contributed by atoms with E-state index in [-0.39, 0.29) is 12.8 Å². The van der Waals surface area contributed by atoms with Crippen molar-refractivity contribution >= 4 is 16.8 Å². The minimum atomic E-state index is -0.686. The number of ether oxygens (including phenoxy) is 1. The molecule has 8 heteroatoms. The summed E-state index contributed by atoms with van der Waals surface area (Å²) in [7, 11) is 0. The van der Waals surface area contributed by atoms with Gasteiger partial charge in [-0.3, -0.25) is 8.97 Å². The fraction of sp³-hybridized carbons (Fsp3) is 0.462. The van der Waals surface area contributed by atoms with Crippen LogP contribution >= 0.6 is 0 Å². The zero-order valence-corrected chi connectivity index (χ0v) is 11.4. The Kier molecular flexibility index (Phi) is 2.71. The largest absolute Gasteiger partial charge is 0.394 e. The van der Waals surface area contributed by atoms with Gasteiger partial charge in [-0.15, -0.1) is 0 Å². The van der Waals surface area contributed by atoms with Crippen molar-refractivity contribution in [1.29, 1.82) is 0 Å². The topological polar surface area (TPSA) is 97.7 Å². The Bertz CT molecular complexity index is 811. The van der Waals surface area contributed by atoms with Crippen LogP contribution in [0.1, 0.15) is 18.5 Å². The van der Waals surface area contributed by atoms with Crippen molar-refractivity contribution in [3.05, 3.63) is 24.5 Å². The molecule has 1 aliphatic rings. The second-order valence-corrected chi connectivity index (χ2v) is 5.22. The average molecular weight is 289 g/mol. The molecule has 0 unspecified atom stereocenters. The highest BCUT2D eigenvalue weighted by molar-refractivity contribution is 5.85. The summed E-state index contributed by atoms with van der Waals surface area (Å²) in [5, 5.41) is 19.1. The van der Waals surface area contributed by atoms with Crippen LogP contribution in [0.4, 0.5) is 0 Å². The molecule has 1 fully saturated rings. The van der Waals surface area contributed by atoms with Crippen LogP contribution in [0.25, 0.3) is 16.8 Å². The Morgan fingerprint density at radius 3 is 3.00 bits per heavy atom. The highest BCUT2D eigenvalue weighted by Crippen LogP contribution is 2.31. The number of rotatable bonds is 2. The van der Waals surface area contributed by atoms with Crippen molar-refractivity contribution in [2.45, 2.75) is 31.8 Å². The summed E-state index contributed by atoms with van der Waals surface area (Å²) < 4.78 is 9.33. The van der Waals surface area contributed by atoms with E-state index in [1.54, 1.807) is 17.1 Å². The number of aliphatic hydroxyl groups is 2. The lowest BCUT2D eigenvalue weighted by molar-refractivity contribution is -0.0432. The van der Waals surface area contributed by atoms with E-state index in [0.717, 1.165) is 11.5 Å². The summed E-state index contributed by atoms with van der Waals surface area (Å²) in [5.41, 5.74) is 2.10. The highest BCUT2D eigenvalue weighted by atomic mass is 16.5. The van der Waals surface area contributed by atoms with Crippen LogP contribution in [0, 0.1) is 6.92 Å². The van der Waals surface area contributed by atoms with Crippen LogP contribution in [0.15, 0.2) is 18.7 Å². The van der Waals surface area contributed by atoms with Gasteiger partial charge >= 0.3 is 0 Å². The molecule has 4 rings (SSSR count). The SMILES string of the molecule is Cc1nc2c(ncn2[C@H]2C[C@H](O)[C@@H](CO)O2)c2nccn12. The molecule has 3 aromatic rings. The van der Waals surface area contributed by atoms with Gasteiger partial charge in [-0.1, -0.05) is 0 Å². The zero-order valence-electron chi connectivity index (χ0n) is 11.4. The van der Waals surface area contributed by atoms with Crippen LogP contribution < -0.4 is 0 Å². The van der Waals surface area contributed by atoms with Gasteiger partial charge in [0, 0.05) is 18.8 Å². The van der Waals surface area contributed by atoms with Crippen molar-refractivity contribution in [2.75, 3.05) is 6.61 Å². The molecule has 8 nitrogen and oxygen atoms in total. The summed E-state index contributed by atoms with van der Waals surface area (Å²) in [6, 6.07) is 0. The number of hydrogen-bond donors (Lipinski definition) is 2. The molecule has 0 aliphatic carbocycles. The molecule has 0 spiro atoms. The third-order valence-corrected chi connectivity index (χ3v) is 3.93. The van der Waals surface area contributed by atoms with Gasteiger partial charge in [0.1, 0.15) is 18.2 Å². The number of hydrogen-bond acceptors (Lipinski definition) is 6. The molecule has 21 heavy (non-hydrogen) atoms. The first-order valence-electron chi connectivity index (χ1n) is 6.79. The van der Waals surface area contributed by atoms with Crippen LogP contribution in [0.5, 0.6) is 0 Å². The molecular weight excluding hydrogens is 274 g/mol. The normalized spacial score (nSPS) is 26.1. The van der Waals surface area contributed by atoms with Gasteiger partial charge < -0.3 is 14.9 Å². The Balaban J connectivity index is 1.85. The molecule has 3 aromatic heterocycles. The molecule has 0 saturated carbocycles. The maximum Gasteiger partial charge on any atom is 0.168 e. The minimum Gasteiger partial charge on any atom is -0.394 e. The lowest BCUT2D eigenvalue weighted by Gasteiger charge is -2.13. The van der Waals surface area contributed by atoms with Crippen LogP contribution in [-0.2, 0) is 4.74 Å². The molecule has 1 saturated heterocycles. The zero-order chi connectivity index (χ0) is 14.6. The molecule has 3 atom stereocenters. The van der Waals surface area contributed by atoms with Gasteiger partial charge in [-0.2, -0.15) is 0 Å². The van der Waals surface area contributed by atoms with E-state index < -0.39 is 12.2 Å². The van der Waals surface area contributed by atoms with E-state index in [9.17, 15) is 10.2 Å². The van der Waals surface area contributed by atoms with E-state index in [4.69, 9.17) is 4.74 Å². The summed E-state index contributed by atoms with van der Waals surface area (Å²) >= 11 is 0. The standard InChI is InChI=1S/C13H15N5O3/c1-7-16-13-11(12-14-2-3-17(7)12)15-6-18(13)10-4-8(20)9(5-19)21-10/h2-3,6,8-10,19-20H,4-5H2,1H3/t8-,9+,10+/m0/s1. The van der Waals surface area contributed by atoms with E-state index in [1.807, 2.05) is 17.5 Å². The summed E-state index contributed by atoms with van der Waals surface area (Å²) in [5.74, 6) is 0.800. The summed E-state index contributed by atoms with van der Waals surface area (Å²) in [6.07, 6.45) is 3.96. The van der Waals surface area contributed by atoms with Crippen LogP contribution in [0.2, 0.25) is 0 Å². The second-order valence-electron chi connectivity index (χ2n) is 5.22. The first kappa shape index (κ1) is 12.7. The van der Waals surface area contributed by atoms with E-state index in [2.05, 4.69) is 15.0 Å². The van der Waals surface area contributed by atoms with Gasteiger partial charge in [-0.05, 0) is 6.92 Å². The predicted octanol–water partition coefficient (Wildman–Crippen LogP) is 0.0281. The van der Waals surface area contributed by atoms with Crippen LogP contribution in [-0.4, -0.2) is 52.9 Å². The van der Waals surface area contributed by atoms with Crippen LogP contribution in [0.3, 0.4) is 0 Å². The van der Waals surface area contributed by atoms with Gasteiger partial charge in [0.15, 0.2) is 16.8 Å². The first-order chi connectivity index (χ1) is 10.2. The van der Waals surface area contributed by atoms with Gasteiger partial charge in [0.2, 0.25) is 0 Å². The van der Waals surface area contributed by atoms with Crippen molar-refractivity contribution < 1.29 is 14.9 Å². The monoisotopic (exact) mass is 289 g/mol. The molecule has 0 aromatic carbocycles. The average Bonchev–Trinajstić information content (AvgIpc) is 3.15. The Morgan fingerprint density at radius 1 is 1.38 bits per heavy atom. The molecule has 2 N–H and O–H groups in total. The predicted molar refractivity (Wildman–Crippen MR) is 72.6 cm³/mol. The maximum absolute atomic E-state index is 9.87. The smallest absolute Gasteiger partial charge is 0.168 e. The third-order valence-electron chi connectivity index (χ3n) is 3.93.